The van der Waals surface area contributed by atoms with Crippen molar-refractivity contribution >= 4 is 17.2 Å². The molecule has 6 heteroatoms. The highest BCUT2D eigenvalue weighted by Gasteiger charge is 2.17. The summed E-state index contributed by atoms with van der Waals surface area (Å²) in [7, 11) is 0. The highest BCUT2D eigenvalue weighted by atomic mass is 32.1. The van der Waals surface area contributed by atoms with E-state index in [0.717, 1.165) is 18.0 Å². The first-order valence-electron chi connectivity index (χ1n) is 7.81. The van der Waals surface area contributed by atoms with E-state index in [1.807, 2.05) is 6.92 Å². The van der Waals surface area contributed by atoms with Crippen LogP contribution >= 0.6 is 11.3 Å². The van der Waals surface area contributed by atoms with E-state index in [9.17, 15) is 4.79 Å². The molecular weight excluding hydrogens is 284 g/mol. The predicted molar refractivity (Wildman–Crippen MR) is 86.6 cm³/mol. The van der Waals surface area contributed by atoms with Crippen LogP contribution in [-0.2, 0) is 0 Å². The maximum atomic E-state index is 12.0. The number of hydrogen-bond acceptors (Lipinski definition) is 5. The second kappa shape index (κ2) is 7.87. The van der Waals surface area contributed by atoms with Gasteiger partial charge in [0.1, 0.15) is 10.7 Å². The molecule has 118 valence electrons. The minimum Gasteiger partial charge on any atom is -0.351 e. The van der Waals surface area contributed by atoms with Crippen molar-refractivity contribution < 1.29 is 4.79 Å². The Labute approximate surface area is 130 Å². The standard InChI is InChI=1S/C15H26N4OS/c1-11-6-3-4-8-19(11)9-5-7-17-14(20)13-10-21-15(18-13)12(2)16/h10-12H,3-9,16H2,1-2H3,(H,17,20). The number of nitrogens with two attached hydrogens (primary N) is 1. The van der Waals surface area contributed by atoms with Crippen molar-refractivity contribution in [3.63, 3.8) is 0 Å². The third-order valence-corrected chi connectivity index (χ3v) is 5.04. The fourth-order valence-electron chi connectivity index (χ4n) is 2.67. The molecule has 0 spiro atoms. The maximum Gasteiger partial charge on any atom is 0.270 e. The fourth-order valence-corrected chi connectivity index (χ4v) is 3.42. The predicted octanol–water partition coefficient (Wildman–Crippen LogP) is 2.16. The molecule has 0 saturated carbocycles. The van der Waals surface area contributed by atoms with Crippen LogP contribution in [0, 0.1) is 0 Å². The van der Waals surface area contributed by atoms with E-state index < -0.39 is 0 Å². The lowest BCUT2D eigenvalue weighted by Crippen LogP contribution is -2.39. The molecule has 0 aromatic carbocycles. The molecule has 1 aliphatic rings. The van der Waals surface area contributed by atoms with Gasteiger partial charge >= 0.3 is 0 Å². The van der Waals surface area contributed by atoms with Crippen LogP contribution in [0.4, 0.5) is 0 Å². The molecule has 2 unspecified atom stereocenters. The van der Waals surface area contributed by atoms with E-state index in [0.29, 0.717) is 18.3 Å². The van der Waals surface area contributed by atoms with Crippen molar-refractivity contribution in [2.45, 2.75) is 51.6 Å². The van der Waals surface area contributed by atoms with Gasteiger partial charge < -0.3 is 16.0 Å². The first kappa shape index (κ1) is 16.4. The van der Waals surface area contributed by atoms with Gasteiger partial charge in [-0.25, -0.2) is 4.98 Å². The smallest absolute Gasteiger partial charge is 0.270 e. The van der Waals surface area contributed by atoms with Gasteiger partial charge in [0, 0.05) is 24.5 Å². The van der Waals surface area contributed by atoms with Gasteiger partial charge in [0.2, 0.25) is 0 Å². The lowest BCUT2D eigenvalue weighted by Gasteiger charge is -2.33. The molecule has 2 atom stereocenters. The summed E-state index contributed by atoms with van der Waals surface area (Å²) in [5.74, 6) is -0.0927. The minimum atomic E-state index is -0.114. The number of aromatic nitrogens is 1. The van der Waals surface area contributed by atoms with Gasteiger partial charge in [-0.3, -0.25) is 4.79 Å². The summed E-state index contributed by atoms with van der Waals surface area (Å²) < 4.78 is 0. The van der Waals surface area contributed by atoms with Gasteiger partial charge in [0.25, 0.3) is 5.91 Å². The molecule has 5 nitrogen and oxygen atoms in total. The lowest BCUT2D eigenvalue weighted by atomic mass is 10.0. The maximum absolute atomic E-state index is 12.0. The SMILES string of the molecule is CC(N)c1nc(C(=O)NCCCN2CCCCC2C)cs1. The zero-order valence-corrected chi connectivity index (χ0v) is 13.8. The molecule has 2 rings (SSSR count). The Morgan fingerprint density at radius 2 is 2.43 bits per heavy atom. The van der Waals surface area contributed by atoms with Crippen molar-refractivity contribution in [3.05, 3.63) is 16.1 Å². The van der Waals surface area contributed by atoms with Crippen LogP contribution in [-0.4, -0.2) is 41.5 Å². The van der Waals surface area contributed by atoms with E-state index in [2.05, 4.69) is 22.1 Å². The number of piperidine rings is 1. The normalized spacial score (nSPS) is 21.2. The summed E-state index contributed by atoms with van der Waals surface area (Å²) >= 11 is 1.44. The molecule has 1 aromatic rings. The van der Waals surface area contributed by atoms with Crippen molar-refractivity contribution in [1.82, 2.24) is 15.2 Å². The Bertz CT molecular complexity index is 460. The Morgan fingerprint density at radius 1 is 1.62 bits per heavy atom. The second-order valence-corrected chi connectivity index (χ2v) is 6.74. The minimum absolute atomic E-state index is 0.0927. The number of nitrogens with zero attached hydrogens (tertiary/aromatic N) is 2. The lowest BCUT2D eigenvalue weighted by molar-refractivity contribution is 0.0944. The van der Waals surface area contributed by atoms with Crippen molar-refractivity contribution in [2.75, 3.05) is 19.6 Å². The van der Waals surface area contributed by atoms with Crippen LogP contribution in [0.25, 0.3) is 0 Å². The molecule has 1 aliphatic heterocycles. The monoisotopic (exact) mass is 310 g/mol. The molecule has 1 saturated heterocycles. The van der Waals surface area contributed by atoms with Gasteiger partial charge in [0.15, 0.2) is 0 Å². The fraction of sp³-hybridized carbons (Fsp3) is 0.733. The summed E-state index contributed by atoms with van der Waals surface area (Å²) in [5.41, 5.74) is 6.24. The molecule has 0 bridgehead atoms. The van der Waals surface area contributed by atoms with Crippen molar-refractivity contribution in [3.8, 4) is 0 Å². The van der Waals surface area contributed by atoms with Gasteiger partial charge in [0.05, 0.1) is 6.04 Å². The number of thiazole rings is 1. The second-order valence-electron chi connectivity index (χ2n) is 5.85. The Kier molecular flexibility index (Phi) is 6.14. The van der Waals surface area contributed by atoms with Gasteiger partial charge in [-0.2, -0.15) is 0 Å². The van der Waals surface area contributed by atoms with E-state index in [4.69, 9.17) is 5.73 Å². The van der Waals surface area contributed by atoms with Crippen LogP contribution in [0.15, 0.2) is 5.38 Å². The van der Waals surface area contributed by atoms with E-state index in [1.54, 1.807) is 5.38 Å². The number of carbonyl (C=O) groups is 1. The molecule has 1 aromatic heterocycles. The molecule has 2 heterocycles. The number of carbonyl (C=O) groups excluding carboxylic acids is 1. The highest BCUT2D eigenvalue weighted by molar-refractivity contribution is 7.09. The Balaban J connectivity index is 1.69. The number of rotatable bonds is 6. The van der Waals surface area contributed by atoms with Gasteiger partial charge in [-0.15, -0.1) is 11.3 Å². The van der Waals surface area contributed by atoms with Crippen LogP contribution < -0.4 is 11.1 Å². The van der Waals surface area contributed by atoms with E-state index in [1.165, 1.54) is 37.1 Å². The van der Waals surface area contributed by atoms with Crippen LogP contribution in [0.1, 0.15) is 61.1 Å². The Hall–Kier alpha value is -0.980. The molecule has 0 aliphatic carbocycles. The highest BCUT2D eigenvalue weighted by Crippen LogP contribution is 2.17. The summed E-state index contributed by atoms with van der Waals surface area (Å²) in [6, 6.07) is 0.568. The van der Waals surface area contributed by atoms with Crippen molar-refractivity contribution in [1.29, 1.82) is 0 Å². The third-order valence-electron chi connectivity index (χ3n) is 3.99. The van der Waals surface area contributed by atoms with Crippen LogP contribution in [0.2, 0.25) is 0 Å². The first-order chi connectivity index (χ1) is 10.1. The van der Waals surface area contributed by atoms with E-state index in [-0.39, 0.29) is 11.9 Å². The summed E-state index contributed by atoms with van der Waals surface area (Å²) in [6.45, 7) is 7.12. The van der Waals surface area contributed by atoms with Crippen LogP contribution in [0.3, 0.4) is 0 Å². The quantitative estimate of drug-likeness (QED) is 0.790. The number of amides is 1. The van der Waals surface area contributed by atoms with Gasteiger partial charge in [-0.1, -0.05) is 6.42 Å². The molecule has 21 heavy (non-hydrogen) atoms. The van der Waals surface area contributed by atoms with E-state index >= 15 is 0 Å². The third kappa shape index (κ3) is 4.76. The molecule has 1 amide bonds. The molecule has 0 radical (unpaired) electrons. The zero-order valence-electron chi connectivity index (χ0n) is 13.0. The first-order valence-corrected chi connectivity index (χ1v) is 8.69. The Morgan fingerprint density at radius 3 is 3.10 bits per heavy atom. The summed E-state index contributed by atoms with van der Waals surface area (Å²) in [5, 5.41) is 5.53. The topological polar surface area (TPSA) is 71.2 Å². The summed E-state index contributed by atoms with van der Waals surface area (Å²) in [6.07, 6.45) is 4.93. The van der Waals surface area contributed by atoms with Crippen molar-refractivity contribution in [2.24, 2.45) is 5.73 Å². The average Bonchev–Trinajstić information content (AvgIpc) is 2.95. The zero-order chi connectivity index (χ0) is 15.2. The summed E-state index contributed by atoms with van der Waals surface area (Å²) in [4.78, 5) is 18.8. The molecule has 3 N–H and O–H groups in total. The number of nitrogens with one attached hydrogen (secondary N) is 1. The largest absolute Gasteiger partial charge is 0.351 e. The number of hydrogen-bond donors (Lipinski definition) is 2. The molecular formula is C15H26N4OS. The average molecular weight is 310 g/mol. The van der Waals surface area contributed by atoms with Crippen LogP contribution in [0.5, 0.6) is 0 Å². The molecule has 1 fully saturated rings. The van der Waals surface area contributed by atoms with Gasteiger partial charge in [-0.05, 0) is 39.7 Å². The number of likely N-dealkylation sites (tertiary alicyclic amines) is 1.